The lowest BCUT2D eigenvalue weighted by Crippen LogP contribution is -2.36. The van der Waals surface area contributed by atoms with Gasteiger partial charge in [-0.1, -0.05) is 49.7 Å². The first-order chi connectivity index (χ1) is 10.5. The molecule has 0 amide bonds. The Kier molecular flexibility index (Phi) is 3.85. The SMILES string of the molecule is CCCC(O)(O)CP1(=O)Oc2ccccc2-c2ccccc21. The molecule has 1 atom stereocenters. The minimum absolute atomic E-state index is 0.157. The lowest BCUT2D eigenvalue weighted by molar-refractivity contribution is -0.146. The molecule has 116 valence electrons. The minimum Gasteiger partial charge on any atom is -0.439 e. The summed E-state index contributed by atoms with van der Waals surface area (Å²) in [6.45, 7) is 1.85. The summed E-state index contributed by atoms with van der Waals surface area (Å²) in [5.74, 6) is -1.47. The van der Waals surface area contributed by atoms with Crippen LogP contribution < -0.4 is 9.83 Å². The zero-order chi connectivity index (χ0) is 15.8. The number of rotatable bonds is 4. The van der Waals surface area contributed by atoms with Gasteiger partial charge in [0.05, 0.1) is 11.5 Å². The molecule has 4 nitrogen and oxygen atoms in total. The average molecular weight is 318 g/mol. The third kappa shape index (κ3) is 2.70. The Morgan fingerprint density at radius 2 is 1.68 bits per heavy atom. The summed E-state index contributed by atoms with van der Waals surface area (Å²) in [4.78, 5) is 0. The number of hydrogen-bond donors (Lipinski definition) is 2. The number of fused-ring (bicyclic) bond motifs is 3. The minimum atomic E-state index is -3.39. The molecule has 0 aliphatic carbocycles. The van der Waals surface area contributed by atoms with Gasteiger partial charge in [-0.05, 0) is 17.7 Å². The van der Waals surface area contributed by atoms with Crippen molar-refractivity contribution in [2.75, 3.05) is 6.16 Å². The molecular formula is C17H19O4P. The van der Waals surface area contributed by atoms with Crippen LogP contribution in [0.25, 0.3) is 11.1 Å². The van der Waals surface area contributed by atoms with Crippen molar-refractivity contribution in [3.8, 4) is 16.9 Å². The largest absolute Gasteiger partial charge is 0.439 e. The highest BCUT2D eigenvalue weighted by Gasteiger charge is 2.42. The van der Waals surface area contributed by atoms with Gasteiger partial charge >= 0.3 is 0 Å². The maximum Gasteiger partial charge on any atom is 0.283 e. The van der Waals surface area contributed by atoms with E-state index in [1.165, 1.54) is 0 Å². The predicted octanol–water partition coefficient (Wildman–Crippen LogP) is 3.13. The molecule has 0 saturated heterocycles. The van der Waals surface area contributed by atoms with Crippen LogP contribution in [0.2, 0.25) is 0 Å². The monoisotopic (exact) mass is 318 g/mol. The van der Waals surface area contributed by atoms with E-state index in [-0.39, 0.29) is 12.6 Å². The van der Waals surface area contributed by atoms with Crippen molar-refractivity contribution < 1.29 is 19.3 Å². The molecule has 0 bridgehead atoms. The summed E-state index contributed by atoms with van der Waals surface area (Å²) in [5.41, 5.74) is 1.71. The summed E-state index contributed by atoms with van der Waals surface area (Å²) in [6, 6.07) is 14.7. The summed E-state index contributed by atoms with van der Waals surface area (Å²) in [6.07, 6.45) is 0.439. The molecule has 0 saturated carbocycles. The standard InChI is InChI=1S/C17H19O4P/c1-2-11-17(18,19)12-22(20)16-10-6-4-8-14(16)13-7-3-5-9-15(13)21-22/h3-10,18-19H,2,11-12H2,1H3. The van der Waals surface area contributed by atoms with Crippen LogP contribution in [0.5, 0.6) is 5.75 Å². The molecule has 1 aliphatic heterocycles. The van der Waals surface area contributed by atoms with Gasteiger partial charge in [-0.3, -0.25) is 4.57 Å². The Bertz CT molecular complexity index is 739. The van der Waals surface area contributed by atoms with E-state index in [1.54, 1.807) is 18.2 Å². The zero-order valence-corrected chi connectivity index (χ0v) is 13.3. The molecule has 5 heteroatoms. The van der Waals surface area contributed by atoms with E-state index in [2.05, 4.69) is 0 Å². The quantitative estimate of drug-likeness (QED) is 0.671. The first-order valence-corrected chi connectivity index (χ1v) is 9.19. The molecule has 2 N–H and O–H groups in total. The first kappa shape index (κ1) is 15.3. The highest BCUT2D eigenvalue weighted by molar-refractivity contribution is 7.67. The van der Waals surface area contributed by atoms with Gasteiger partial charge < -0.3 is 14.7 Å². The Balaban J connectivity index is 2.10. The van der Waals surface area contributed by atoms with Crippen LogP contribution in [-0.4, -0.2) is 22.2 Å². The van der Waals surface area contributed by atoms with Crippen molar-refractivity contribution in [1.82, 2.24) is 0 Å². The number of aliphatic hydroxyl groups is 2. The van der Waals surface area contributed by atoms with Crippen molar-refractivity contribution in [2.45, 2.75) is 25.6 Å². The molecule has 0 fully saturated rings. The van der Waals surface area contributed by atoms with Crippen LogP contribution in [0.4, 0.5) is 0 Å². The normalized spacial score (nSPS) is 20.0. The van der Waals surface area contributed by atoms with Crippen LogP contribution in [0.15, 0.2) is 48.5 Å². The third-order valence-corrected chi connectivity index (χ3v) is 6.34. The molecule has 22 heavy (non-hydrogen) atoms. The van der Waals surface area contributed by atoms with Crippen molar-refractivity contribution in [3.63, 3.8) is 0 Å². The molecule has 1 heterocycles. The van der Waals surface area contributed by atoms with Crippen LogP contribution in [0, 0.1) is 0 Å². The topological polar surface area (TPSA) is 66.8 Å². The molecule has 1 unspecified atom stereocenters. The van der Waals surface area contributed by atoms with E-state index in [0.717, 1.165) is 11.1 Å². The molecule has 0 aromatic heterocycles. The van der Waals surface area contributed by atoms with Gasteiger partial charge in [0.1, 0.15) is 5.75 Å². The Labute approximate surface area is 129 Å². The van der Waals surface area contributed by atoms with Gasteiger partial charge in [0.25, 0.3) is 7.37 Å². The van der Waals surface area contributed by atoms with E-state index >= 15 is 0 Å². The molecule has 2 aromatic rings. The molecule has 0 spiro atoms. The second-order valence-electron chi connectivity index (χ2n) is 5.67. The maximum atomic E-state index is 13.4. The van der Waals surface area contributed by atoms with Gasteiger partial charge in [0.2, 0.25) is 0 Å². The number of para-hydroxylation sites is 1. The summed E-state index contributed by atoms with van der Waals surface area (Å²) < 4.78 is 19.1. The lowest BCUT2D eigenvalue weighted by Gasteiger charge is -2.32. The summed E-state index contributed by atoms with van der Waals surface area (Å²) in [5, 5.41) is 20.8. The van der Waals surface area contributed by atoms with Crippen molar-refractivity contribution in [1.29, 1.82) is 0 Å². The zero-order valence-electron chi connectivity index (χ0n) is 12.4. The molecular weight excluding hydrogens is 299 g/mol. The van der Waals surface area contributed by atoms with Crippen LogP contribution in [0.1, 0.15) is 19.8 Å². The number of hydrogen-bond acceptors (Lipinski definition) is 4. The summed E-state index contributed by atoms with van der Waals surface area (Å²) in [7, 11) is -3.39. The van der Waals surface area contributed by atoms with E-state index in [4.69, 9.17) is 4.52 Å². The fourth-order valence-electron chi connectivity index (χ4n) is 2.91. The van der Waals surface area contributed by atoms with Crippen molar-refractivity contribution in [3.05, 3.63) is 48.5 Å². The van der Waals surface area contributed by atoms with Gasteiger partial charge in [0, 0.05) is 12.0 Å². The van der Waals surface area contributed by atoms with Gasteiger partial charge in [-0.2, -0.15) is 0 Å². The average Bonchev–Trinajstić information content (AvgIpc) is 2.46. The van der Waals surface area contributed by atoms with Gasteiger partial charge in [-0.25, -0.2) is 0 Å². The van der Waals surface area contributed by atoms with E-state index < -0.39 is 13.2 Å². The molecule has 0 radical (unpaired) electrons. The van der Waals surface area contributed by atoms with Gasteiger partial charge in [-0.15, -0.1) is 0 Å². The smallest absolute Gasteiger partial charge is 0.283 e. The third-order valence-electron chi connectivity index (χ3n) is 3.81. The second kappa shape index (κ2) is 5.54. The Morgan fingerprint density at radius 1 is 1.05 bits per heavy atom. The summed E-state index contributed by atoms with van der Waals surface area (Å²) >= 11 is 0. The second-order valence-corrected chi connectivity index (χ2v) is 8.00. The Hall–Kier alpha value is -1.61. The van der Waals surface area contributed by atoms with Crippen molar-refractivity contribution >= 4 is 12.7 Å². The molecule has 2 aromatic carbocycles. The molecule has 3 rings (SSSR count). The Morgan fingerprint density at radius 3 is 2.41 bits per heavy atom. The van der Waals surface area contributed by atoms with E-state index in [1.807, 2.05) is 37.3 Å². The first-order valence-electron chi connectivity index (χ1n) is 7.38. The lowest BCUT2D eigenvalue weighted by atomic mass is 10.0. The van der Waals surface area contributed by atoms with Crippen LogP contribution in [0.3, 0.4) is 0 Å². The van der Waals surface area contributed by atoms with Crippen LogP contribution in [-0.2, 0) is 4.57 Å². The predicted molar refractivity (Wildman–Crippen MR) is 86.7 cm³/mol. The maximum absolute atomic E-state index is 13.4. The highest BCUT2D eigenvalue weighted by atomic mass is 31.2. The van der Waals surface area contributed by atoms with Crippen LogP contribution >= 0.6 is 7.37 Å². The fourth-order valence-corrected chi connectivity index (χ4v) is 5.42. The fraction of sp³-hybridized carbons (Fsp3) is 0.294. The van der Waals surface area contributed by atoms with E-state index in [0.29, 0.717) is 17.5 Å². The van der Waals surface area contributed by atoms with Crippen molar-refractivity contribution in [2.24, 2.45) is 0 Å². The highest BCUT2D eigenvalue weighted by Crippen LogP contribution is 2.55. The molecule has 1 aliphatic rings. The van der Waals surface area contributed by atoms with E-state index in [9.17, 15) is 14.8 Å². The van der Waals surface area contributed by atoms with Gasteiger partial charge in [0.15, 0.2) is 5.79 Å². The number of benzene rings is 2.